The number of oxazole rings is 1. The Morgan fingerprint density at radius 2 is 1.88 bits per heavy atom. The van der Waals surface area contributed by atoms with Crippen molar-refractivity contribution in [3.05, 3.63) is 71.9 Å². The average Bonchev–Trinajstić information content (AvgIpc) is 3.07. The molecule has 0 fully saturated rings. The van der Waals surface area contributed by atoms with Gasteiger partial charge in [0.15, 0.2) is 11.4 Å². The van der Waals surface area contributed by atoms with Gasteiger partial charge >= 0.3 is 5.97 Å². The molecule has 6 heteroatoms. The number of halogens is 1. The van der Waals surface area contributed by atoms with Crippen molar-refractivity contribution < 1.29 is 23.1 Å². The number of carbonyl (C=O) groups is 2. The van der Waals surface area contributed by atoms with Gasteiger partial charge in [0, 0.05) is 24.1 Å². The van der Waals surface area contributed by atoms with Crippen molar-refractivity contribution in [1.82, 2.24) is 4.98 Å². The lowest BCUT2D eigenvalue weighted by atomic mass is 10.1. The van der Waals surface area contributed by atoms with E-state index in [0.717, 1.165) is 0 Å². The SMILES string of the molecule is O=C(/C=C/c1nc2ccccc2o1)OCCCC(=O)c1ccc(F)cc1. The van der Waals surface area contributed by atoms with Gasteiger partial charge in [-0.25, -0.2) is 14.2 Å². The number of para-hydroxylation sites is 2. The molecule has 0 saturated carbocycles. The lowest BCUT2D eigenvalue weighted by molar-refractivity contribution is -0.137. The van der Waals surface area contributed by atoms with Gasteiger partial charge in [-0.15, -0.1) is 0 Å². The van der Waals surface area contributed by atoms with Gasteiger partial charge in [-0.05, 0) is 42.8 Å². The molecule has 0 aliphatic heterocycles. The van der Waals surface area contributed by atoms with Crippen molar-refractivity contribution in [3.8, 4) is 0 Å². The highest BCUT2D eigenvalue weighted by atomic mass is 19.1. The van der Waals surface area contributed by atoms with Crippen LogP contribution in [0.5, 0.6) is 0 Å². The maximum absolute atomic E-state index is 12.8. The van der Waals surface area contributed by atoms with Gasteiger partial charge in [0.05, 0.1) is 6.61 Å². The van der Waals surface area contributed by atoms with E-state index in [-0.39, 0.29) is 24.6 Å². The quantitative estimate of drug-likeness (QED) is 0.276. The van der Waals surface area contributed by atoms with E-state index in [1.54, 1.807) is 6.07 Å². The third-order valence-electron chi connectivity index (χ3n) is 3.63. The van der Waals surface area contributed by atoms with Gasteiger partial charge in [-0.3, -0.25) is 4.79 Å². The Labute approximate surface area is 149 Å². The van der Waals surface area contributed by atoms with Crippen LogP contribution in [0, 0.1) is 5.82 Å². The highest BCUT2D eigenvalue weighted by molar-refractivity contribution is 5.96. The summed E-state index contributed by atoms with van der Waals surface area (Å²) in [6.07, 6.45) is 3.27. The molecule has 5 nitrogen and oxygen atoms in total. The molecule has 3 rings (SSSR count). The Morgan fingerprint density at radius 3 is 2.65 bits per heavy atom. The molecule has 0 bridgehead atoms. The summed E-state index contributed by atoms with van der Waals surface area (Å²) in [6, 6.07) is 12.6. The highest BCUT2D eigenvalue weighted by Crippen LogP contribution is 2.15. The molecule has 1 heterocycles. The predicted octanol–water partition coefficient (Wildman–Crippen LogP) is 4.19. The number of hydrogen-bond donors (Lipinski definition) is 0. The van der Waals surface area contributed by atoms with Gasteiger partial charge in [0.25, 0.3) is 0 Å². The average molecular weight is 353 g/mol. The highest BCUT2D eigenvalue weighted by Gasteiger charge is 2.07. The Kier molecular flexibility index (Phi) is 5.53. The second-order valence-corrected chi connectivity index (χ2v) is 5.55. The molecule has 0 N–H and O–H groups in total. The van der Waals surface area contributed by atoms with E-state index in [1.165, 1.54) is 36.4 Å². The third kappa shape index (κ3) is 4.63. The molecular formula is C20H16FNO4. The summed E-state index contributed by atoms with van der Waals surface area (Å²) in [6.45, 7) is 0.115. The summed E-state index contributed by atoms with van der Waals surface area (Å²) in [7, 11) is 0. The monoisotopic (exact) mass is 353 g/mol. The Hall–Kier alpha value is -3.28. The summed E-state index contributed by atoms with van der Waals surface area (Å²) in [5.41, 5.74) is 1.79. The third-order valence-corrected chi connectivity index (χ3v) is 3.63. The Morgan fingerprint density at radius 1 is 1.12 bits per heavy atom. The molecule has 0 aliphatic carbocycles. The fraction of sp³-hybridized carbons (Fsp3) is 0.150. The van der Waals surface area contributed by atoms with Gasteiger partial charge < -0.3 is 9.15 Å². The summed E-state index contributed by atoms with van der Waals surface area (Å²) in [4.78, 5) is 27.8. The van der Waals surface area contributed by atoms with E-state index in [9.17, 15) is 14.0 Å². The largest absolute Gasteiger partial charge is 0.463 e. The summed E-state index contributed by atoms with van der Waals surface area (Å²) in [5, 5.41) is 0. The molecule has 132 valence electrons. The zero-order valence-electron chi connectivity index (χ0n) is 13.9. The van der Waals surface area contributed by atoms with E-state index in [1.807, 2.05) is 18.2 Å². The second-order valence-electron chi connectivity index (χ2n) is 5.55. The van der Waals surface area contributed by atoms with Crippen molar-refractivity contribution in [1.29, 1.82) is 0 Å². The fourth-order valence-corrected chi connectivity index (χ4v) is 2.33. The van der Waals surface area contributed by atoms with Gasteiger partial charge in [0.2, 0.25) is 5.89 Å². The smallest absolute Gasteiger partial charge is 0.330 e. The zero-order chi connectivity index (χ0) is 18.4. The Bertz CT molecular complexity index is 911. The number of rotatable bonds is 7. The summed E-state index contributed by atoms with van der Waals surface area (Å²) < 4.78 is 23.3. The van der Waals surface area contributed by atoms with Crippen molar-refractivity contribution >= 4 is 28.9 Å². The van der Waals surface area contributed by atoms with E-state index < -0.39 is 5.97 Å². The molecule has 1 aromatic heterocycles. The number of Topliss-reactive ketones (excluding diaryl/α,β-unsaturated/α-hetero) is 1. The van der Waals surface area contributed by atoms with Crippen LogP contribution in [0.3, 0.4) is 0 Å². The number of aromatic nitrogens is 1. The molecule has 0 spiro atoms. The molecule has 3 aromatic rings. The topological polar surface area (TPSA) is 69.4 Å². The molecule has 0 amide bonds. The van der Waals surface area contributed by atoms with Crippen LogP contribution in [-0.4, -0.2) is 23.3 Å². The van der Waals surface area contributed by atoms with E-state index in [4.69, 9.17) is 9.15 Å². The Balaban J connectivity index is 1.42. The number of esters is 1. The molecule has 26 heavy (non-hydrogen) atoms. The van der Waals surface area contributed by atoms with Crippen LogP contribution in [0.15, 0.2) is 59.0 Å². The lowest BCUT2D eigenvalue weighted by Crippen LogP contribution is -2.05. The normalized spacial score (nSPS) is 11.1. The molecule has 2 aromatic carbocycles. The van der Waals surface area contributed by atoms with Crippen LogP contribution < -0.4 is 0 Å². The van der Waals surface area contributed by atoms with Gasteiger partial charge in [-0.2, -0.15) is 0 Å². The van der Waals surface area contributed by atoms with Crippen LogP contribution in [0.25, 0.3) is 17.2 Å². The first-order valence-corrected chi connectivity index (χ1v) is 8.11. The van der Waals surface area contributed by atoms with Crippen LogP contribution in [0.4, 0.5) is 4.39 Å². The number of nitrogens with zero attached hydrogens (tertiary/aromatic N) is 1. The number of carbonyl (C=O) groups excluding carboxylic acids is 2. The molecule has 0 unspecified atom stereocenters. The maximum Gasteiger partial charge on any atom is 0.330 e. The number of ketones is 1. The van der Waals surface area contributed by atoms with Crippen LogP contribution in [0.1, 0.15) is 29.1 Å². The van der Waals surface area contributed by atoms with E-state index in [2.05, 4.69) is 4.98 Å². The van der Waals surface area contributed by atoms with Gasteiger partial charge in [-0.1, -0.05) is 12.1 Å². The summed E-state index contributed by atoms with van der Waals surface area (Å²) in [5.74, 6) is -0.736. The van der Waals surface area contributed by atoms with E-state index in [0.29, 0.717) is 29.0 Å². The second kappa shape index (κ2) is 8.20. The van der Waals surface area contributed by atoms with Crippen LogP contribution >= 0.6 is 0 Å². The molecule has 0 aliphatic rings. The van der Waals surface area contributed by atoms with Crippen molar-refractivity contribution in [3.63, 3.8) is 0 Å². The maximum atomic E-state index is 12.8. The zero-order valence-corrected chi connectivity index (χ0v) is 13.9. The number of fused-ring (bicyclic) bond motifs is 1. The first-order valence-electron chi connectivity index (χ1n) is 8.11. The number of hydrogen-bond acceptors (Lipinski definition) is 5. The molecule has 0 atom stereocenters. The first kappa shape index (κ1) is 17.5. The molecule has 0 radical (unpaired) electrons. The minimum Gasteiger partial charge on any atom is -0.463 e. The molecular weight excluding hydrogens is 337 g/mol. The van der Waals surface area contributed by atoms with Crippen molar-refractivity contribution in [2.24, 2.45) is 0 Å². The van der Waals surface area contributed by atoms with Crippen molar-refractivity contribution in [2.75, 3.05) is 6.61 Å². The summed E-state index contributed by atoms with van der Waals surface area (Å²) >= 11 is 0. The van der Waals surface area contributed by atoms with Crippen LogP contribution in [-0.2, 0) is 9.53 Å². The molecule has 0 saturated heterocycles. The number of benzene rings is 2. The minimum atomic E-state index is -0.540. The predicted molar refractivity (Wildman–Crippen MR) is 94.0 cm³/mol. The van der Waals surface area contributed by atoms with E-state index >= 15 is 0 Å². The van der Waals surface area contributed by atoms with Crippen molar-refractivity contribution in [2.45, 2.75) is 12.8 Å². The standard InChI is InChI=1S/C20H16FNO4/c21-15-9-7-14(8-10-15)17(23)5-3-13-25-20(24)12-11-19-22-16-4-1-2-6-18(16)26-19/h1-2,4,6-12H,3,5,13H2/b12-11+. The fourth-order valence-electron chi connectivity index (χ4n) is 2.33. The lowest BCUT2D eigenvalue weighted by Gasteiger charge is -2.02. The van der Waals surface area contributed by atoms with Gasteiger partial charge in [0.1, 0.15) is 11.3 Å². The minimum absolute atomic E-state index is 0.115. The number of ether oxygens (including phenoxy) is 1. The first-order chi connectivity index (χ1) is 12.6. The van der Waals surface area contributed by atoms with Crippen LogP contribution in [0.2, 0.25) is 0 Å².